The quantitative estimate of drug-likeness (QED) is 0.937. The molecule has 110 valence electrons. The van der Waals surface area contributed by atoms with E-state index >= 15 is 0 Å². The highest BCUT2D eigenvalue weighted by atomic mass is 15.2. The molecule has 1 N–H and O–H groups in total. The number of benzene rings is 1. The van der Waals surface area contributed by atoms with Gasteiger partial charge in [0.05, 0.1) is 6.33 Å². The van der Waals surface area contributed by atoms with Crippen molar-refractivity contribution in [2.75, 3.05) is 26.7 Å². The van der Waals surface area contributed by atoms with E-state index in [2.05, 4.69) is 57.1 Å². The van der Waals surface area contributed by atoms with Crippen LogP contribution in [0.1, 0.15) is 17.3 Å². The fourth-order valence-corrected chi connectivity index (χ4v) is 4.24. The first-order valence-electron chi connectivity index (χ1n) is 7.76. The third-order valence-electron chi connectivity index (χ3n) is 5.06. The van der Waals surface area contributed by atoms with Gasteiger partial charge >= 0.3 is 0 Å². The van der Waals surface area contributed by atoms with Gasteiger partial charge in [-0.05, 0) is 24.4 Å². The topological polar surface area (TPSA) is 35.2 Å². The van der Waals surface area contributed by atoms with Gasteiger partial charge in [0, 0.05) is 44.1 Å². The van der Waals surface area contributed by atoms with Crippen molar-refractivity contribution in [3.8, 4) is 0 Å². The molecule has 0 amide bonds. The van der Waals surface area contributed by atoms with E-state index in [4.69, 9.17) is 0 Å². The second-order valence-electron chi connectivity index (χ2n) is 6.49. The van der Waals surface area contributed by atoms with Gasteiger partial charge in [-0.1, -0.05) is 30.3 Å². The Kier molecular flexibility index (Phi) is 3.28. The number of nitrogens with one attached hydrogen (secondary N) is 1. The van der Waals surface area contributed by atoms with Crippen molar-refractivity contribution >= 4 is 0 Å². The third kappa shape index (κ3) is 2.39. The van der Waals surface area contributed by atoms with Gasteiger partial charge < -0.3 is 4.98 Å². The van der Waals surface area contributed by atoms with Gasteiger partial charge in [-0.15, -0.1) is 0 Å². The second kappa shape index (κ2) is 5.28. The van der Waals surface area contributed by atoms with E-state index in [1.54, 1.807) is 6.33 Å². The van der Waals surface area contributed by atoms with E-state index in [0.717, 1.165) is 18.4 Å². The van der Waals surface area contributed by atoms with Crippen molar-refractivity contribution in [1.29, 1.82) is 0 Å². The van der Waals surface area contributed by atoms with Crippen LogP contribution in [-0.4, -0.2) is 46.4 Å². The van der Waals surface area contributed by atoms with E-state index in [0.29, 0.717) is 6.04 Å². The van der Waals surface area contributed by atoms with Crippen LogP contribution in [0, 0.1) is 11.8 Å². The van der Waals surface area contributed by atoms with E-state index in [1.807, 2.05) is 6.20 Å². The van der Waals surface area contributed by atoms with Crippen LogP contribution < -0.4 is 0 Å². The van der Waals surface area contributed by atoms with Gasteiger partial charge in [0.25, 0.3) is 0 Å². The van der Waals surface area contributed by atoms with Crippen LogP contribution >= 0.6 is 0 Å². The van der Waals surface area contributed by atoms with Crippen LogP contribution in [-0.2, 0) is 6.54 Å². The Hall–Kier alpha value is -1.65. The maximum atomic E-state index is 4.12. The number of H-pyrrole nitrogens is 1. The molecule has 0 unspecified atom stereocenters. The molecule has 0 saturated carbocycles. The number of hydrogen-bond acceptors (Lipinski definition) is 3. The van der Waals surface area contributed by atoms with E-state index in [9.17, 15) is 0 Å². The number of aromatic amines is 1. The minimum atomic E-state index is 0.572. The summed E-state index contributed by atoms with van der Waals surface area (Å²) in [7, 11) is 2.27. The first kappa shape index (κ1) is 13.0. The summed E-state index contributed by atoms with van der Waals surface area (Å²) in [4.78, 5) is 12.5. The maximum absolute atomic E-state index is 4.12. The van der Waals surface area contributed by atoms with Gasteiger partial charge in [-0.2, -0.15) is 0 Å². The number of rotatable bonds is 3. The lowest BCUT2D eigenvalue weighted by Gasteiger charge is -2.26. The molecular weight excluding hydrogens is 260 g/mol. The molecule has 21 heavy (non-hydrogen) atoms. The Morgan fingerprint density at radius 1 is 1.19 bits per heavy atom. The highest BCUT2D eigenvalue weighted by Gasteiger charge is 2.45. The molecule has 0 radical (unpaired) electrons. The summed E-state index contributed by atoms with van der Waals surface area (Å²) in [5.74, 6) is 1.54. The molecule has 1 aromatic carbocycles. The Bertz CT molecular complexity index is 580. The molecule has 2 aliphatic rings. The summed E-state index contributed by atoms with van der Waals surface area (Å²) >= 11 is 0. The lowest BCUT2D eigenvalue weighted by Crippen LogP contribution is -2.28. The molecule has 3 heterocycles. The first-order chi connectivity index (χ1) is 10.3. The molecule has 2 saturated heterocycles. The van der Waals surface area contributed by atoms with Crippen molar-refractivity contribution in [2.45, 2.75) is 12.6 Å². The number of imidazole rings is 1. The zero-order chi connectivity index (χ0) is 14.2. The van der Waals surface area contributed by atoms with Crippen LogP contribution in [0.3, 0.4) is 0 Å². The smallest absolute Gasteiger partial charge is 0.0922 e. The SMILES string of the molecule is CN1C[C@H]2CN(Cc3cnc[nH]3)C[C@H]2[C@@H]1c1ccccc1. The largest absolute Gasteiger partial charge is 0.347 e. The Morgan fingerprint density at radius 3 is 2.81 bits per heavy atom. The average Bonchev–Trinajstić information content (AvgIpc) is 3.17. The molecule has 4 nitrogen and oxygen atoms in total. The van der Waals surface area contributed by atoms with E-state index in [-0.39, 0.29) is 0 Å². The minimum absolute atomic E-state index is 0.572. The molecule has 0 spiro atoms. The summed E-state index contributed by atoms with van der Waals surface area (Å²) < 4.78 is 0. The maximum Gasteiger partial charge on any atom is 0.0922 e. The molecule has 4 rings (SSSR count). The van der Waals surface area contributed by atoms with Crippen LogP contribution in [0.2, 0.25) is 0 Å². The molecule has 0 aliphatic carbocycles. The van der Waals surface area contributed by atoms with Gasteiger partial charge in [0.2, 0.25) is 0 Å². The predicted molar refractivity (Wildman–Crippen MR) is 82.7 cm³/mol. The van der Waals surface area contributed by atoms with Crippen molar-refractivity contribution in [3.05, 3.63) is 54.1 Å². The van der Waals surface area contributed by atoms with Crippen LogP contribution in [0.25, 0.3) is 0 Å². The lowest BCUT2D eigenvalue weighted by molar-refractivity contribution is 0.223. The fourth-order valence-electron chi connectivity index (χ4n) is 4.24. The van der Waals surface area contributed by atoms with Gasteiger partial charge in [0.15, 0.2) is 0 Å². The molecule has 2 fully saturated rings. The summed E-state index contributed by atoms with van der Waals surface area (Å²) in [6, 6.07) is 11.6. The van der Waals surface area contributed by atoms with Gasteiger partial charge in [-0.25, -0.2) is 4.98 Å². The summed E-state index contributed by atoms with van der Waals surface area (Å²) in [6.07, 6.45) is 3.71. The standard InChI is InChI=1S/C17H22N4/c1-20-8-14-9-21(10-15-7-18-12-19-15)11-16(14)17(20)13-5-3-2-4-6-13/h2-7,12,14,16-17H,8-11H2,1H3,(H,18,19)/t14-,16+,17-/m0/s1. The normalized spacial score (nSPS) is 29.9. The zero-order valence-corrected chi connectivity index (χ0v) is 12.4. The molecule has 2 aromatic rings. The molecular formula is C17H22N4. The van der Waals surface area contributed by atoms with Crippen LogP contribution in [0.4, 0.5) is 0 Å². The average molecular weight is 282 g/mol. The Balaban J connectivity index is 1.51. The highest BCUT2D eigenvalue weighted by molar-refractivity contribution is 5.22. The monoisotopic (exact) mass is 282 g/mol. The molecule has 1 aromatic heterocycles. The minimum Gasteiger partial charge on any atom is -0.347 e. The van der Waals surface area contributed by atoms with Crippen molar-refractivity contribution in [2.24, 2.45) is 11.8 Å². The van der Waals surface area contributed by atoms with E-state index in [1.165, 1.54) is 30.9 Å². The van der Waals surface area contributed by atoms with Crippen molar-refractivity contribution in [3.63, 3.8) is 0 Å². The third-order valence-corrected chi connectivity index (χ3v) is 5.06. The predicted octanol–water partition coefficient (Wildman–Crippen LogP) is 2.14. The number of hydrogen-bond donors (Lipinski definition) is 1. The summed E-state index contributed by atoms with van der Waals surface area (Å²) in [5, 5.41) is 0. The molecule has 3 atom stereocenters. The second-order valence-corrected chi connectivity index (χ2v) is 6.49. The zero-order valence-electron chi connectivity index (χ0n) is 12.4. The lowest BCUT2D eigenvalue weighted by atomic mass is 9.90. The fraction of sp³-hybridized carbons (Fsp3) is 0.471. The Labute approximate surface area is 125 Å². The van der Waals surface area contributed by atoms with Crippen LogP contribution in [0.15, 0.2) is 42.9 Å². The summed E-state index contributed by atoms with van der Waals surface area (Å²) in [6.45, 7) is 4.60. The summed E-state index contributed by atoms with van der Waals surface area (Å²) in [5.41, 5.74) is 2.69. The van der Waals surface area contributed by atoms with Crippen LogP contribution in [0.5, 0.6) is 0 Å². The number of nitrogens with zero attached hydrogens (tertiary/aromatic N) is 3. The van der Waals surface area contributed by atoms with Gasteiger partial charge in [-0.3, -0.25) is 9.80 Å². The van der Waals surface area contributed by atoms with Gasteiger partial charge in [0.1, 0.15) is 0 Å². The number of aromatic nitrogens is 2. The Morgan fingerprint density at radius 2 is 2.05 bits per heavy atom. The van der Waals surface area contributed by atoms with Crippen molar-refractivity contribution in [1.82, 2.24) is 19.8 Å². The molecule has 0 bridgehead atoms. The van der Waals surface area contributed by atoms with E-state index < -0.39 is 0 Å². The highest BCUT2D eigenvalue weighted by Crippen LogP contribution is 2.44. The first-order valence-corrected chi connectivity index (χ1v) is 7.76. The number of fused-ring (bicyclic) bond motifs is 1. The molecule has 2 aliphatic heterocycles. The van der Waals surface area contributed by atoms with Crippen molar-refractivity contribution < 1.29 is 0 Å². The number of likely N-dealkylation sites (tertiary alicyclic amines) is 2. The molecule has 4 heteroatoms.